The largest absolute Gasteiger partial charge is 0.348 e. The minimum absolute atomic E-state index is 0.0579. The molecular formula is C14H23N5O2. The fourth-order valence-corrected chi connectivity index (χ4v) is 2.23. The number of nitrogens with one attached hydrogen (secondary N) is 2. The van der Waals surface area contributed by atoms with Gasteiger partial charge in [-0.3, -0.25) is 9.48 Å². The van der Waals surface area contributed by atoms with Gasteiger partial charge in [0.15, 0.2) is 5.69 Å². The number of nitrogens with zero attached hydrogens (tertiary/aromatic N) is 3. The van der Waals surface area contributed by atoms with Gasteiger partial charge in [-0.2, -0.15) is 5.10 Å². The molecule has 0 fully saturated rings. The highest BCUT2D eigenvalue weighted by Gasteiger charge is 2.23. The topological polar surface area (TPSA) is 79.3 Å². The first-order chi connectivity index (χ1) is 10.0. The van der Waals surface area contributed by atoms with E-state index in [0.717, 1.165) is 12.1 Å². The zero-order valence-corrected chi connectivity index (χ0v) is 12.8. The first kappa shape index (κ1) is 15.3. The minimum Gasteiger partial charge on any atom is -0.348 e. The average molecular weight is 293 g/mol. The molecule has 0 saturated heterocycles. The van der Waals surface area contributed by atoms with Crippen molar-refractivity contribution in [1.29, 1.82) is 0 Å². The molecule has 0 aromatic carbocycles. The third kappa shape index (κ3) is 3.74. The molecule has 1 aliphatic heterocycles. The second-order valence-electron chi connectivity index (χ2n) is 5.53. The van der Waals surface area contributed by atoms with Crippen molar-refractivity contribution in [3.63, 3.8) is 0 Å². The molecule has 116 valence electrons. The Morgan fingerprint density at radius 1 is 1.38 bits per heavy atom. The number of rotatable bonds is 4. The fraction of sp³-hybridized carbons (Fsp3) is 0.643. The number of carbonyl (C=O) groups excluding carboxylic acids is 2. The third-order valence-electron chi connectivity index (χ3n) is 3.26. The smallest absolute Gasteiger partial charge is 0.317 e. The van der Waals surface area contributed by atoms with E-state index in [4.69, 9.17) is 0 Å². The predicted octanol–water partition coefficient (Wildman–Crippen LogP) is 0.956. The minimum atomic E-state index is -0.172. The van der Waals surface area contributed by atoms with E-state index in [-0.39, 0.29) is 18.0 Å². The SMILES string of the molecule is CCCNC(=O)N1CCn2nc(C(=O)NC(C)C)cc2C1. The van der Waals surface area contributed by atoms with E-state index in [1.165, 1.54) is 0 Å². The van der Waals surface area contributed by atoms with Gasteiger partial charge in [0.05, 0.1) is 18.8 Å². The van der Waals surface area contributed by atoms with Gasteiger partial charge in [-0.15, -0.1) is 0 Å². The fourth-order valence-electron chi connectivity index (χ4n) is 2.23. The first-order valence-electron chi connectivity index (χ1n) is 7.41. The lowest BCUT2D eigenvalue weighted by Crippen LogP contribution is -2.44. The molecule has 1 aromatic heterocycles. The summed E-state index contributed by atoms with van der Waals surface area (Å²) in [5.41, 5.74) is 1.30. The van der Waals surface area contributed by atoms with Crippen LogP contribution in [0.1, 0.15) is 43.4 Å². The molecule has 0 atom stereocenters. The summed E-state index contributed by atoms with van der Waals surface area (Å²) < 4.78 is 1.80. The molecule has 2 heterocycles. The van der Waals surface area contributed by atoms with Gasteiger partial charge in [-0.25, -0.2) is 4.79 Å². The lowest BCUT2D eigenvalue weighted by molar-refractivity contribution is 0.0937. The highest BCUT2D eigenvalue weighted by Crippen LogP contribution is 2.14. The van der Waals surface area contributed by atoms with Crippen LogP contribution in [0.2, 0.25) is 0 Å². The van der Waals surface area contributed by atoms with E-state index < -0.39 is 0 Å². The van der Waals surface area contributed by atoms with Gasteiger partial charge in [0.25, 0.3) is 5.91 Å². The number of hydrogen-bond donors (Lipinski definition) is 2. The lowest BCUT2D eigenvalue weighted by atomic mass is 10.2. The zero-order chi connectivity index (χ0) is 15.4. The van der Waals surface area contributed by atoms with Crippen molar-refractivity contribution in [3.05, 3.63) is 17.5 Å². The number of amides is 3. The Balaban J connectivity index is 2.03. The molecular weight excluding hydrogens is 270 g/mol. The Morgan fingerprint density at radius 3 is 2.81 bits per heavy atom. The molecule has 2 rings (SSSR count). The van der Waals surface area contributed by atoms with Gasteiger partial charge in [0.2, 0.25) is 0 Å². The van der Waals surface area contributed by atoms with Crippen molar-refractivity contribution in [3.8, 4) is 0 Å². The van der Waals surface area contributed by atoms with Crippen LogP contribution in [0.3, 0.4) is 0 Å². The second-order valence-corrected chi connectivity index (χ2v) is 5.53. The maximum absolute atomic E-state index is 12.0. The maximum Gasteiger partial charge on any atom is 0.317 e. The van der Waals surface area contributed by atoms with Crippen LogP contribution in [0.25, 0.3) is 0 Å². The Kier molecular flexibility index (Phi) is 4.82. The molecule has 21 heavy (non-hydrogen) atoms. The van der Waals surface area contributed by atoms with Crippen LogP contribution < -0.4 is 10.6 Å². The molecule has 0 aliphatic carbocycles. The van der Waals surface area contributed by atoms with Crippen molar-refractivity contribution in [2.75, 3.05) is 13.1 Å². The normalized spacial score (nSPS) is 14.0. The maximum atomic E-state index is 12.0. The predicted molar refractivity (Wildman–Crippen MR) is 78.9 cm³/mol. The van der Waals surface area contributed by atoms with Crippen LogP contribution in [-0.4, -0.2) is 45.8 Å². The van der Waals surface area contributed by atoms with Gasteiger partial charge in [-0.05, 0) is 26.3 Å². The van der Waals surface area contributed by atoms with Crippen molar-refractivity contribution in [1.82, 2.24) is 25.3 Å². The summed E-state index contributed by atoms with van der Waals surface area (Å²) in [6.07, 6.45) is 0.914. The monoisotopic (exact) mass is 293 g/mol. The van der Waals surface area contributed by atoms with E-state index in [2.05, 4.69) is 15.7 Å². The molecule has 1 aliphatic rings. The quantitative estimate of drug-likeness (QED) is 0.867. The Bertz CT molecular complexity index is 523. The average Bonchev–Trinajstić information content (AvgIpc) is 2.87. The summed E-state index contributed by atoms with van der Waals surface area (Å²) in [5.74, 6) is -0.172. The standard InChI is InChI=1S/C14H23N5O2/c1-4-5-15-14(21)18-6-7-19-11(9-18)8-12(17-19)13(20)16-10(2)3/h8,10H,4-7,9H2,1-3H3,(H,15,21)(H,16,20). The molecule has 0 spiro atoms. The van der Waals surface area contributed by atoms with Crippen LogP contribution in [0.15, 0.2) is 6.07 Å². The van der Waals surface area contributed by atoms with Crippen LogP contribution in [0.5, 0.6) is 0 Å². The second kappa shape index (κ2) is 6.60. The first-order valence-corrected chi connectivity index (χ1v) is 7.41. The Labute approximate surface area is 124 Å². The van der Waals surface area contributed by atoms with Crippen molar-refractivity contribution >= 4 is 11.9 Å². The summed E-state index contributed by atoms with van der Waals surface area (Å²) in [6, 6.07) is 1.78. The zero-order valence-electron chi connectivity index (χ0n) is 12.8. The van der Waals surface area contributed by atoms with Gasteiger partial charge in [0, 0.05) is 19.1 Å². The third-order valence-corrected chi connectivity index (χ3v) is 3.26. The van der Waals surface area contributed by atoms with Crippen LogP contribution >= 0.6 is 0 Å². The number of aromatic nitrogens is 2. The van der Waals surface area contributed by atoms with Gasteiger partial charge >= 0.3 is 6.03 Å². The number of urea groups is 1. The van der Waals surface area contributed by atoms with Gasteiger partial charge in [-0.1, -0.05) is 6.92 Å². The van der Waals surface area contributed by atoms with Crippen molar-refractivity contribution in [2.45, 2.75) is 46.3 Å². The summed E-state index contributed by atoms with van der Waals surface area (Å²) in [7, 11) is 0. The molecule has 7 nitrogen and oxygen atoms in total. The summed E-state index contributed by atoms with van der Waals surface area (Å²) >= 11 is 0. The Hall–Kier alpha value is -2.05. The molecule has 7 heteroatoms. The molecule has 0 saturated carbocycles. The van der Waals surface area contributed by atoms with Gasteiger partial charge < -0.3 is 15.5 Å². The summed E-state index contributed by atoms with van der Waals surface area (Å²) in [6.45, 7) is 8.22. The van der Waals surface area contributed by atoms with Crippen molar-refractivity contribution in [2.24, 2.45) is 0 Å². The molecule has 1 aromatic rings. The number of fused-ring (bicyclic) bond motifs is 1. The molecule has 0 bridgehead atoms. The molecule has 0 unspecified atom stereocenters. The molecule has 0 radical (unpaired) electrons. The number of carbonyl (C=O) groups is 2. The molecule has 3 amide bonds. The number of hydrogen-bond acceptors (Lipinski definition) is 3. The van der Waals surface area contributed by atoms with E-state index in [1.54, 1.807) is 15.6 Å². The summed E-state index contributed by atoms with van der Waals surface area (Å²) in [5, 5.41) is 9.99. The molecule has 2 N–H and O–H groups in total. The van der Waals surface area contributed by atoms with E-state index in [0.29, 0.717) is 31.9 Å². The summed E-state index contributed by atoms with van der Waals surface area (Å²) in [4.78, 5) is 25.7. The Morgan fingerprint density at radius 2 is 2.14 bits per heavy atom. The van der Waals surface area contributed by atoms with Crippen LogP contribution in [-0.2, 0) is 13.1 Å². The van der Waals surface area contributed by atoms with E-state index >= 15 is 0 Å². The van der Waals surface area contributed by atoms with Crippen LogP contribution in [0, 0.1) is 0 Å². The van der Waals surface area contributed by atoms with Gasteiger partial charge in [0.1, 0.15) is 0 Å². The lowest BCUT2D eigenvalue weighted by Gasteiger charge is -2.27. The van der Waals surface area contributed by atoms with E-state index in [9.17, 15) is 9.59 Å². The van der Waals surface area contributed by atoms with Crippen molar-refractivity contribution < 1.29 is 9.59 Å². The highest BCUT2D eigenvalue weighted by atomic mass is 16.2. The van der Waals surface area contributed by atoms with E-state index in [1.807, 2.05) is 20.8 Å². The highest BCUT2D eigenvalue weighted by molar-refractivity contribution is 5.92. The van der Waals surface area contributed by atoms with Crippen LogP contribution in [0.4, 0.5) is 4.79 Å².